The predicted molar refractivity (Wildman–Crippen MR) is 39.9 cm³/mol. The van der Waals surface area contributed by atoms with Crippen molar-refractivity contribution in [3.63, 3.8) is 0 Å². The van der Waals surface area contributed by atoms with Crippen molar-refractivity contribution in [2.45, 2.75) is 6.92 Å². The normalized spacial score (nSPS) is 9.83. The van der Waals surface area contributed by atoms with E-state index in [2.05, 4.69) is 21.3 Å². The van der Waals surface area contributed by atoms with Gasteiger partial charge < -0.3 is 14.6 Å². The van der Waals surface area contributed by atoms with E-state index in [4.69, 9.17) is 0 Å². The van der Waals surface area contributed by atoms with Crippen LogP contribution in [0.4, 0.5) is 0 Å². The SMILES string of the molecule is Cc1n[c-]c2cnn(C)c2n1.[W]. The second-order valence-electron chi connectivity index (χ2n) is 2.39. The molecule has 2 rings (SSSR count). The summed E-state index contributed by atoms with van der Waals surface area (Å²) >= 11 is 0. The van der Waals surface area contributed by atoms with E-state index in [0.29, 0.717) is 0 Å². The van der Waals surface area contributed by atoms with Crippen LogP contribution >= 0.6 is 0 Å². The molecular weight excluding hydrogens is 324 g/mol. The summed E-state index contributed by atoms with van der Waals surface area (Å²) in [7, 11) is 1.85. The number of aryl methyl sites for hydroxylation is 2. The molecule has 4 nitrogen and oxygen atoms in total. The third-order valence-electron chi connectivity index (χ3n) is 1.51. The van der Waals surface area contributed by atoms with Crippen molar-refractivity contribution in [3.05, 3.63) is 18.2 Å². The number of fused-ring (bicyclic) bond motifs is 1. The van der Waals surface area contributed by atoms with E-state index in [1.807, 2.05) is 14.0 Å². The standard InChI is InChI=1S/C7H7N4.W/c1-5-8-3-6-4-9-11(2)7(6)10-5;/h4H,1-2H3;/q-1;. The molecule has 0 aliphatic rings. The molecule has 2 aromatic rings. The minimum absolute atomic E-state index is 0. The van der Waals surface area contributed by atoms with Gasteiger partial charge in [0.15, 0.2) is 0 Å². The maximum atomic E-state index is 4.19. The van der Waals surface area contributed by atoms with E-state index in [1.165, 1.54) is 0 Å². The van der Waals surface area contributed by atoms with Gasteiger partial charge in [-0.15, -0.1) is 0 Å². The largest absolute Gasteiger partial charge is 0.338 e. The summed E-state index contributed by atoms with van der Waals surface area (Å²) in [6.07, 6.45) is 4.55. The molecule has 0 saturated heterocycles. The van der Waals surface area contributed by atoms with Crippen LogP contribution in [0.15, 0.2) is 6.20 Å². The van der Waals surface area contributed by atoms with Crippen LogP contribution in [0.1, 0.15) is 5.82 Å². The molecule has 0 radical (unpaired) electrons. The first kappa shape index (κ1) is 9.33. The van der Waals surface area contributed by atoms with Gasteiger partial charge in [0.1, 0.15) is 0 Å². The van der Waals surface area contributed by atoms with E-state index in [1.54, 1.807) is 10.9 Å². The Morgan fingerprint density at radius 3 is 3.00 bits per heavy atom. The molecule has 0 aromatic carbocycles. The van der Waals surface area contributed by atoms with Gasteiger partial charge in [-0.2, -0.15) is 0 Å². The van der Waals surface area contributed by atoms with Crippen molar-refractivity contribution < 1.29 is 21.1 Å². The Morgan fingerprint density at radius 1 is 1.50 bits per heavy atom. The van der Waals surface area contributed by atoms with E-state index in [9.17, 15) is 0 Å². The van der Waals surface area contributed by atoms with Crippen LogP contribution in [0.25, 0.3) is 11.0 Å². The van der Waals surface area contributed by atoms with Crippen LogP contribution in [0.2, 0.25) is 0 Å². The van der Waals surface area contributed by atoms with Crippen molar-refractivity contribution in [1.29, 1.82) is 0 Å². The minimum atomic E-state index is 0. The number of rotatable bonds is 0. The zero-order valence-electron chi connectivity index (χ0n) is 6.77. The summed E-state index contributed by atoms with van der Waals surface area (Å²) in [4.78, 5) is 8.12. The van der Waals surface area contributed by atoms with Gasteiger partial charge in [0.05, 0.1) is 5.65 Å². The second kappa shape index (κ2) is 3.31. The van der Waals surface area contributed by atoms with Gasteiger partial charge in [-0.25, -0.2) is 5.10 Å². The Hall–Kier alpha value is -0.762. The summed E-state index contributed by atoms with van der Waals surface area (Å²) in [5, 5.41) is 4.88. The fourth-order valence-electron chi connectivity index (χ4n) is 0.962. The molecule has 0 spiro atoms. The van der Waals surface area contributed by atoms with E-state index >= 15 is 0 Å². The molecule has 62 valence electrons. The van der Waals surface area contributed by atoms with Gasteiger partial charge in [-0.05, 0) is 19.3 Å². The molecule has 0 unspecified atom stereocenters. The number of hydrogen-bond acceptors (Lipinski definition) is 3. The fourth-order valence-corrected chi connectivity index (χ4v) is 0.962. The number of hydrogen-bond donors (Lipinski definition) is 0. The first-order valence-corrected chi connectivity index (χ1v) is 3.31. The molecule has 0 fully saturated rings. The quantitative estimate of drug-likeness (QED) is 0.660. The third kappa shape index (κ3) is 1.39. The Bertz CT molecular complexity index is 395. The molecular formula is C7H7N4W-. The molecule has 0 atom stereocenters. The smallest absolute Gasteiger partial charge is 0.0661 e. The number of aromatic nitrogens is 4. The van der Waals surface area contributed by atoms with E-state index in [0.717, 1.165) is 16.9 Å². The van der Waals surface area contributed by atoms with Crippen molar-refractivity contribution >= 4 is 11.0 Å². The van der Waals surface area contributed by atoms with Crippen LogP contribution in [0.5, 0.6) is 0 Å². The topological polar surface area (TPSA) is 43.6 Å². The van der Waals surface area contributed by atoms with Crippen molar-refractivity contribution in [2.24, 2.45) is 7.05 Å². The molecule has 0 saturated carbocycles. The van der Waals surface area contributed by atoms with Crippen LogP contribution in [0.3, 0.4) is 0 Å². The zero-order chi connectivity index (χ0) is 7.84. The Kier molecular flexibility index (Phi) is 2.58. The molecule has 0 amide bonds. The van der Waals surface area contributed by atoms with Crippen LogP contribution < -0.4 is 0 Å². The molecule has 5 heteroatoms. The first-order chi connectivity index (χ1) is 5.27. The summed E-state index contributed by atoms with van der Waals surface area (Å²) in [6, 6.07) is 0. The molecule has 0 aliphatic heterocycles. The zero-order valence-corrected chi connectivity index (χ0v) is 9.71. The molecule has 12 heavy (non-hydrogen) atoms. The predicted octanol–water partition coefficient (Wildman–Crippen LogP) is 0.469. The summed E-state index contributed by atoms with van der Waals surface area (Å²) in [6.45, 7) is 1.84. The number of nitrogens with zero attached hydrogens (tertiary/aromatic N) is 4. The van der Waals surface area contributed by atoms with Crippen LogP contribution in [-0.4, -0.2) is 19.7 Å². The molecule has 2 aromatic heterocycles. The van der Waals surface area contributed by atoms with E-state index in [-0.39, 0.29) is 21.1 Å². The Morgan fingerprint density at radius 2 is 2.25 bits per heavy atom. The van der Waals surface area contributed by atoms with Gasteiger partial charge in [0.25, 0.3) is 0 Å². The minimum Gasteiger partial charge on any atom is -0.338 e. The van der Waals surface area contributed by atoms with Crippen molar-refractivity contribution in [3.8, 4) is 0 Å². The molecule has 2 heterocycles. The van der Waals surface area contributed by atoms with Gasteiger partial charge >= 0.3 is 0 Å². The van der Waals surface area contributed by atoms with Gasteiger partial charge in [-0.3, -0.25) is 0 Å². The average molecular weight is 331 g/mol. The van der Waals surface area contributed by atoms with Crippen LogP contribution in [0, 0.1) is 13.1 Å². The van der Waals surface area contributed by atoms with Gasteiger partial charge in [0, 0.05) is 33.9 Å². The summed E-state index contributed by atoms with van der Waals surface area (Å²) in [5.74, 6) is 0.723. The summed E-state index contributed by atoms with van der Waals surface area (Å²) < 4.78 is 1.71. The molecule has 0 bridgehead atoms. The van der Waals surface area contributed by atoms with Crippen molar-refractivity contribution in [2.75, 3.05) is 0 Å². The first-order valence-electron chi connectivity index (χ1n) is 3.31. The van der Waals surface area contributed by atoms with Gasteiger partial charge in [0.2, 0.25) is 0 Å². The summed E-state index contributed by atoms with van der Waals surface area (Å²) in [5.41, 5.74) is 0.831. The van der Waals surface area contributed by atoms with Crippen LogP contribution in [-0.2, 0) is 28.1 Å². The third-order valence-corrected chi connectivity index (χ3v) is 1.51. The molecule has 0 aliphatic carbocycles. The molecule has 0 N–H and O–H groups in total. The Balaban J connectivity index is 0.000000720. The fraction of sp³-hybridized carbons (Fsp3) is 0.286. The van der Waals surface area contributed by atoms with E-state index < -0.39 is 0 Å². The maximum Gasteiger partial charge on any atom is 0.0661 e. The van der Waals surface area contributed by atoms with Crippen molar-refractivity contribution in [1.82, 2.24) is 19.7 Å². The second-order valence-corrected chi connectivity index (χ2v) is 2.39. The van der Waals surface area contributed by atoms with Gasteiger partial charge in [-0.1, -0.05) is 5.39 Å². The average Bonchev–Trinajstić information content (AvgIpc) is 2.33. The monoisotopic (exact) mass is 331 g/mol. The Labute approximate surface area is 84.3 Å². The maximum absolute atomic E-state index is 4.19.